The minimum absolute atomic E-state index is 0.126. The van der Waals surface area contributed by atoms with Gasteiger partial charge in [-0.05, 0) is 50.7 Å². The Balaban J connectivity index is 2.06. The van der Waals surface area contributed by atoms with Crippen molar-refractivity contribution < 1.29 is 38.5 Å². The first-order valence-corrected chi connectivity index (χ1v) is 15.6. The van der Waals surface area contributed by atoms with Gasteiger partial charge in [-0.25, -0.2) is 4.79 Å². The molecule has 5 N–H and O–H groups in total. The Kier molecular flexibility index (Phi) is 13.4. The van der Waals surface area contributed by atoms with E-state index in [4.69, 9.17) is 19.9 Å². The van der Waals surface area contributed by atoms with Crippen molar-refractivity contribution in [1.82, 2.24) is 10.6 Å². The molecule has 1 aromatic carbocycles. The van der Waals surface area contributed by atoms with Crippen molar-refractivity contribution in [3.8, 4) is 0 Å². The number of ketones is 2. The van der Waals surface area contributed by atoms with Gasteiger partial charge in [0.25, 0.3) is 5.91 Å². The van der Waals surface area contributed by atoms with E-state index in [9.17, 15) is 24.3 Å². The highest BCUT2D eigenvalue weighted by Crippen LogP contribution is 2.29. The van der Waals surface area contributed by atoms with Gasteiger partial charge in [-0.2, -0.15) is 0 Å². The van der Waals surface area contributed by atoms with Gasteiger partial charge in [0.05, 0.1) is 23.6 Å². The maximum absolute atomic E-state index is 13.9. The number of benzene rings is 1. The number of ether oxygens (including phenoxy) is 3. The van der Waals surface area contributed by atoms with E-state index >= 15 is 0 Å². The molecule has 6 atom stereocenters. The molecule has 0 unspecified atom stereocenters. The maximum atomic E-state index is 13.9. The van der Waals surface area contributed by atoms with Crippen LogP contribution in [0.3, 0.4) is 0 Å². The van der Waals surface area contributed by atoms with Gasteiger partial charge in [0, 0.05) is 43.9 Å². The number of Topliss-reactive ketones (excluding diaryl/α,β-unsaturated/α-hetero) is 1. The van der Waals surface area contributed by atoms with Gasteiger partial charge in [0.2, 0.25) is 11.6 Å². The number of hydrogen-bond acceptors (Lipinski definition) is 9. The number of aryl methyl sites for hydroxylation is 1. The zero-order valence-corrected chi connectivity index (χ0v) is 28.2. The van der Waals surface area contributed by atoms with Crippen LogP contribution >= 0.6 is 0 Å². The number of hydrogen-bond donors (Lipinski definition) is 4. The van der Waals surface area contributed by atoms with E-state index < -0.39 is 53.9 Å². The Bertz CT molecular complexity index is 1490. The standard InChI is InChI=1S/C36H47N3O8/c1-20-11-13-25(14-12-20)19-38-31-26-15-21(2)16-30(46-7)32(41)23(4)17-24(5)34(47-36(37)44)29(45-6)10-8-9-22(3)35(43)39-27(33(26)42)18-28(31)40/h8-14,17-18,21,23,29-30,32,34,38,41H,15-16,19H2,1-7H3,(H2,37,44)(H,39,43)/b10-8-,22-9+,24-17+/t21-,23+,29+,30+,32-,34+/m1/s1. The number of carbonyl (C=O) groups is 4. The van der Waals surface area contributed by atoms with Crippen molar-refractivity contribution in [3.63, 3.8) is 0 Å². The molecule has 2 bridgehead atoms. The summed E-state index contributed by atoms with van der Waals surface area (Å²) in [6.07, 6.45) is 3.80. The molecule has 11 heteroatoms. The molecule has 1 aliphatic heterocycles. The number of nitrogens with two attached hydrogens (primary N) is 1. The third-order valence-electron chi connectivity index (χ3n) is 8.38. The molecular weight excluding hydrogens is 602 g/mol. The summed E-state index contributed by atoms with van der Waals surface area (Å²) in [6.45, 7) is 9.33. The number of aliphatic hydroxyl groups is 1. The third-order valence-corrected chi connectivity index (χ3v) is 8.38. The van der Waals surface area contributed by atoms with Gasteiger partial charge in [-0.15, -0.1) is 0 Å². The minimum atomic E-state index is -1.000. The molecular formula is C36H47N3O8. The van der Waals surface area contributed by atoms with Crippen LogP contribution in [0.15, 0.2) is 82.8 Å². The Morgan fingerprint density at radius 2 is 1.74 bits per heavy atom. The zero-order valence-electron chi connectivity index (χ0n) is 28.2. The van der Waals surface area contributed by atoms with Crippen molar-refractivity contribution in [2.75, 3.05) is 14.2 Å². The van der Waals surface area contributed by atoms with Gasteiger partial charge in [-0.3, -0.25) is 14.4 Å². The lowest BCUT2D eigenvalue weighted by Gasteiger charge is -2.30. The molecule has 3 rings (SSSR count). The number of amides is 2. The van der Waals surface area contributed by atoms with Crippen molar-refractivity contribution in [1.29, 1.82) is 0 Å². The van der Waals surface area contributed by atoms with Gasteiger partial charge in [-0.1, -0.05) is 68.0 Å². The van der Waals surface area contributed by atoms with E-state index in [2.05, 4.69) is 10.6 Å². The van der Waals surface area contributed by atoms with Gasteiger partial charge in [0.15, 0.2) is 6.10 Å². The summed E-state index contributed by atoms with van der Waals surface area (Å²) in [7, 11) is 2.94. The van der Waals surface area contributed by atoms with Crippen LogP contribution in [-0.4, -0.2) is 67.3 Å². The second kappa shape index (κ2) is 17.0. The third kappa shape index (κ3) is 10.1. The first kappa shape index (κ1) is 37.1. The SMILES string of the molecule is CO[C@H]1/C=C\C=C(/C)C(=O)NC2=CC(=O)C(NCc3ccc(C)cc3)=C(C[C@@H](C)C[C@H](OC)[C@H](O)[C@@H](C)/C=C(\C)[C@@H]1OC(N)=O)C2=O. The Labute approximate surface area is 276 Å². The van der Waals surface area contributed by atoms with E-state index in [-0.39, 0.29) is 34.9 Å². The lowest BCUT2D eigenvalue weighted by molar-refractivity contribution is -0.120. The number of aliphatic hydroxyl groups excluding tert-OH is 1. The monoisotopic (exact) mass is 649 g/mol. The minimum Gasteiger partial charge on any atom is -0.439 e. The molecule has 0 aromatic heterocycles. The first-order chi connectivity index (χ1) is 22.2. The van der Waals surface area contributed by atoms with Crippen molar-refractivity contribution in [2.24, 2.45) is 17.6 Å². The largest absolute Gasteiger partial charge is 0.439 e. The normalized spacial score (nSPS) is 29.5. The number of allylic oxidation sites excluding steroid dienone is 4. The molecule has 11 nitrogen and oxygen atoms in total. The van der Waals surface area contributed by atoms with Crippen molar-refractivity contribution in [3.05, 3.63) is 93.9 Å². The fraction of sp³-hybridized carbons (Fsp3) is 0.444. The average Bonchev–Trinajstić information content (AvgIpc) is 3.02. The Morgan fingerprint density at radius 1 is 1.06 bits per heavy atom. The quantitative estimate of drug-likeness (QED) is 0.264. The van der Waals surface area contributed by atoms with E-state index in [0.717, 1.165) is 17.2 Å². The smallest absolute Gasteiger partial charge is 0.405 e. The number of methoxy groups -OCH3 is 2. The second-order valence-electron chi connectivity index (χ2n) is 12.3. The van der Waals surface area contributed by atoms with Crippen LogP contribution in [0.25, 0.3) is 0 Å². The zero-order chi connectivity index (χ0) is 34.8. The molecule has 0 saturated carbocycles. The lowest BCUT2D eigenvalue weighted by Crippen LogP contribution is -2.37. The van der Waals surface area contributed by atoms with Crippen LogP contribution in [0, 0.1) is 18.8 Å². The highest BCUT2D eigenvalue weighted by atomic mass is 16.6. The molecule has 2 amide bonds. The predicted molar refractivity (Wildman–Crippen MR) is 178 cm³/mol. The van der Waals surface area contributed by atoms with E-state index in [1.165, 1.54) is 20.3 Å². The maximum Gasteiger partial charge on any atom is 0.405 e. The predicted octanol–water partition coefficient (Wildman–Crippen LogP) is 3.86. The molecule has 254 valence electrons. The summed E-state index contributed by atoms with van der Waals surface area (Å²) in [6, 6.07) is 7.83. The Morgan fingerprint density at radius 3 is 2.36 bits per heavy atom. The van der Waals surface area contributed by atoms with Crippen molar-refractivity contribution >= 4 is 23.6 Å². The van der Waals surface area contributed by atoms with E-state index in [1.54, 1.807) is 32.1 Å². The van der Waals surface area contributed by atoms with Crippen molar-refractivity contribution in [2.45, 2.75) is 78.4 Å². The van der Waals surface area contributed by atoms with Crippen LogP contribution in [0.4, 0.5) is 4.79 Å². The summed E-state index contributed by atoms with van der Waals surface area (Å²) >= 11 is 0. The van der Waals surface area contributed by atoms with Gasteiger partial charge < -0.3 is 35.7 Å². The van der Waals surface area contributed by atoms with Gasteiger partial charge >= 0.3 is 6.09 Å². The molecule has 47 heavy (non-hydrogen) atoms. The molecule has 0 spiro atoms. The number of rotatable bonds is 6. The fourth-order valence-corrected chi connectivity index (χ4v) is 5.67. The number of fused-ring (bicyclic) bond motifs is 2. The number of nitrogens with one attached hydrogen (secondary N) is 2. The van der Waals surface area contributed by atoms with E-state index in [0.29, 0.717) is 18.5 Å². The molecule has 0 radical (unpaired) electrons. The van der Waals surface area contributed by atoms with Crippen LogP contribution in [0.1, 0.15) is 51.7 Å². The molecule has 0 fully saturated rings. The topological polar surface area (TPSA) is 166 Å². The number of carbonyl (C=O) groups excluding carboxylic acids is 4. The molecule has 0 saturated heterocycles. The van der Waals surface area contributed by atoms with Crippen LogP contribution in [0.5, 0.6) is 0 Å². The Hall–Kier alpha value is -4.32. The average molecular weight is 650 g/mol. The van der Waals surface area contributed by atoms with Crippen LogP contribution < -0.4 is 16.4 Å². The molecule has 1 heterocycles. The summed E-state index contributed by atoms with van der Waals surface area (Å²) in [4.78, 5) is 52.2. The molecule has 1 aliphatic carbocycles. The molecule has 2 aliphatic rings. The fourth-order valence-electron chi connectivity index (χ4n) is 5.67. The highest BCUT2D eigenvalue weighted by Gasteiger charge is 2.33. The van der Waals surface area contributed by atoms with Crippen LogP contribution in [-0.2, 0) is 35.1 Å². The van der Waals surface area contributed by atoms with E-state index in [1.807, 2.05) is 45.0 Å². The summed E-state index contributed by atoms with van der Waals surface area (Å²) in [5.74, 6) is -2.14. The molecule has 1 aromatic rings. The van der Waals surface area contributed by atoms with Crippen LogP contribution in [0.2, 0.25) is 0 Å². The van der Waals surface area contributed by atoms with Gasteiger partial charge in [0.1, 0.15) is 6.10 Å². The number of primary amides is 1. The summed E-state index contributed by atoms with van der Waals surface area (Å²) < 4.78 is 16.7. The first-order valence-electron chi connectivity index (χ1n) is 15.6. The summed E-state index contributed by atoms with van der Waals surface area (Å²) in [5.41, 5.74) is 8.53. The summed E-state index contributed by atoms with van der Waals surface area (Å²) in [5, 5.41) is 17.1. The lowest BCUT2D eigenvalue weighted by atomic mass is 9.85. The highest BCUT2D eigenvalue weighted by molar-refractivity contribution is 6.23. The second-order valence-corrected chi connectivity index (χ2v) is 12.3.